The number of alkyl halides is 1. The van der Waals surface area contributed by atoms with Crippen LogP contribution >= 0.6 is 11.6 Å². The lowest BCUT2D eigenvalue weighted by Gasteiger charge is -2.05. The smallest absolute Gasteiger partial charge is 0.356 e. The second-order valence-electron chi connectivity index (χ2n) is 2.80. The van der Waals surface area contributed by atoms with Gasteiger partial charge in [-0.25, -0.2) is 4.99 Å². The van der Waals surface area contributed by atoms with Gasteiger partial charge in [-0.3, -0.25) is 0 Å². The van der Waals surface area contributed by atoms with Gasteiger partial charge in [0.15, 0.2) is 12.5 Å². The van der Waals surface area contributed by atoms with Crippen LogP contribution in [0.25, 0.3) is 0 Å². The third-order valence-corrected chi connectivity index (χ3v) is 2.35. The van der Waals surface area contributed by atoms with E-state index in [0.29, 0.717) is 25.1 Å². The number of fused-ring (bicyclic) bond motifs is 1. The maximum atomic E-state index is 6.00. The Morgan fingerprint density at radius 2 is 2.50 bits per heavy atom. The first-order chi connectivity index (χ1) is 5.84. The van der Waals surface area contributed by atoms with Crippen molar-refractivity contribution in [3.63, 3.8) is 0 Å². The lowest BCUT2D eigenvalue weighted by molar-refractivity contribution is 0.209. The molecule has 3 heterocycles. The average molecular weight is 188 g/mol. The summed E-state index contributed by atoms with van der Waals surface area (Å²) in [6.45, 7) is 1.21. The topological polar surface area (TPSA) is 52.8 Å². The van der Waals surface area contributed by atoms with Crippen molar-refractivity contribution in [2.45, 2.75) is 11.5 Å². The minimum absolute atomic E-state index is 0.0973. The molecular formula is C6H6ClN3O2. The third-order valence-electron chi connectivity index (χ3n) is 1.88. The fraction of sp³-hybridized carbons (Fsp3) is 0.667. The Kier molecular flexibility index (Phi) is 1.18. The quantitative estimate of drug-likeness (QED) is 0.451. The lowest BCUT2D eigenvalue weighted by atomic mass is 10.3. The Hall–Kier alpha value is -0.810. The van der Waals surface area contributed by atoms with Gasteiger partial charge in [0.25, 0.3) is 0 Å². The minimum Gasteiger partial charge on any atom is -0.371 e. The molecule has 2 saturated heterocycles. The summed E-state index contributed by atoms with van der Waals surface area (Å²) in [6.07, 6.45) is 0.0973. The lowest BCUT2D eigenvalue weighted by Crippen LogP contribution is -2.23. The van der Waals surface area contributed by atoms with Gasteiger partial charge in [0.1, 0.15) is 11.5 Å². The summed E-state index contributed by atoms with van der Waals surface area (Å²) < 4.78 is 5.04. The van der Waals surface area contributed by atoms with Crippen LogP contribution in [0.1, 0.15) is 0 Å². The number of hydrogen-bond donors (Lipinski definition) is 0. The van der Waals surface area contributed by atoms with E-state index in [2.05, 4.69) is 9.98 Å². The molecule has 0 spiro atoms. The Morgan fingerprint density at radius 3 is 3.17 bits per heavy atom. The van der Waals surface area contributed by atoms with Gasteiger partial charge in [-0.15, -0.1) is 16.7 Å². The summed E-state index contributed by atoms with van der Waals surface area (Å²) in [5, 5.41) is 1.38. The number of aliphatic imine (C=N–C) groups is 2. The third kappa shape index (κ3) is 0.971. The Bertz CT molecular complexity index is 287. The molecule has 0 N–H and O–H groups in total. The zero-order valence-corrected chi connectivity index (χ0v) is 6.86. The molecule has 3 aliphatic rings. The zero-order valence-electron chi connectivity index (χ0n) is 6.11. The van der Waals surface area contributed by atoms with Crippen LogP contribution in [-0.2, 0) is 9.57 Å². The number of ether oxygens (including phenoxy) is 1. The van der Waals surface area contributed by atoms with Gasteiger partial charge in [-0.1, -0.05) is 0 Å². The Morgan fingerprint density at radius 1 is 1.67 bits per heavy atom. The van der Waals surface area contributed by atoms with Gasteiger partial charge in [0, 0.05) is 0 Å². The van der Waals surface area contributed by atoms with E-state index in [1.807, 2.05) is 0 Å². The van der Waals surface area contributed by atoms with Crippen molar-refractivity contribution in [2.24, 2.45) is 9.98 Å². The van der Waals surface area contributed by atoms with E-state index in [1.165, 1.54) is 0 Å². The summed E-state index contributed by atoms with van der Waals surface area (Å²) in [5.74, 6) is 0.628. The van der Waals surface area contributed by atoms with Crippen molar-refractivity contribution in [1.82, 2.24) is 5.06 Å². The summed E-state index contributed by atoms with van der Waals surface area (Å²) >= 11 is 6.00. The highest BCUT2D eigenvalue weighted by molar-refractivity contribution is 6.33. The van der Waals surface area contributed by atoms with E-state index in [-0.39, 0.29) is 11.5 Å². The molecule has 0 aromatic carbocycles. The fourth-order valence-electron chi connectivity index (χ4n) is 1.05. The van der Waals surface area contributed by atoms with E-state index in [4.69, 9.17) is 21.2 Å². The molecule has 3 aliphatic heterocycles. The van der Waals surface area contributed by atoms with Crippen LogP contribution in [0.15, 0.2) is 9.98 Å². The fourth-order valence-corrected chi connectivity index (χ4v) is 1.32. The van der Waals surface area contributed by atoms with Crippen LogP contribution in [0.2, 0.25) is 0 Å². The van der Waals surface area contributed by atoms with Crippen LogP contribution in [0.4, 0.5) is 0 Å². The van der Waals surface area contributed by atoms with Gasteiger partial charge in [-0.2, -0.15) is 4.99 Å². The van der Waals surface area contributed by atoms with Crippen LogP contribution in [0, 0.1) is 0 Å². The second kappa shape index (κ2) is 2.11. The Labute approximate surface area is 73.6 Å². The maximum Gasteiger partial charge on any atom is 0.356 e. The number of nitrogens with zero attached hydrogens (tertiary/aromatic N) is 3. The molecule has 0 radical (unpaired) electrons. The molecule has 0 saturated carbocycles. The molecule has 6 heteroatoms. The van der Waals surface area contributed by atoms with Crippen LogP contribution in [0.3, 0.4) is 0 Å². The molecular weight excluding hydrogens is 182 g/mol. The normalized spacial score (nSPS) is 32.8. The largest absolute Gasteiger partial charge is 0.371 e. The van der Waals surface area contributed by atoms with E-state index < -0.39 is 0 Å². The van der Waals surface area contributed by atoms with Crippen LogP contribution in [0.5, 0.6) is 0 Å². The Balaban J connectivity index is 1.78. The van der Waals surface area contributed by atoms with Crippen molar-refractivity contribution in [1.29, 1.82) is 0 Å². The predicted molar refractivity (Wildman–Crippen MR) is 42.0 cm³/mol. The second-order valence-corrected chi connectivity index (χ2v) is 3.27. The zero-order chi connectivity index (χ0) is 8.13. The molecule has 0 aromatic heterocycles. The average Bonchev–Trinajstić information content (AvgIpc) is 2.96. The van der Waals surface area contributed by atoms with Gasteiger partial charge in [0.2, 0.25) is 0 Å². The minimum atomic E-state index is -0.219. The molecule has 0 bridgehead atoms. The predicted octanol–water partition coefficient (Wildman–Crippen LogP) is -0.0346. The van der Waals surface area contributed by atoms with Crippen molar-refractivity contribution < 1.29 is 9.57 Å². The van der Waals surface area contributed by atoms with Gasteiger partial charge < -0.3 is 9.57 Å². The highest BCUT2D eigenvalue weighted by atomic mass is 35.5. The van der Waals surface area contributed by atoms with E-state index >= 15 is 0 Å². The molecule has 3 rings (SSSR count). The summed E-state index contributed by atoms with van der Waals surface area (Å²) in [5.41, 5.74) is 0. The van der Waals surface area contributed by atoms with E-state index in [0.717, 1.165) is 0 Å². The molecule has 5 nitrogen and oxygen atoms in total. The highest BCUT2D eigenvalue weighted by Crippen LogP contribution is 2.25. The summed E-state index contributed by atoms with van der Waals surface area (Å²) in [6, 6.07) is 0.617. The molecule has 2 atom stereocenters. The number of epoxide rings is 1. The first kappa shape index (κ1) is 6.68. The van der Waals surface area contributed by atoms with Crippen molar-refractivity contribution in [2.75, 3.05) is 13.3 Å². The molecule has 0 aromatic rings. The number of amidine groups is 2. The molecule has 64 valence electrons. The summed E-state index contributed by atoms with van der Waals surface area (Å²) in [7, 11) is 0. The molecule has 12 heavy (non-hydrogen) atoms. The first-order valence-corrected chi connectivity index (χ1v) is 4.12. The van der Waals surface area contributed by atoms with Crippen LogP contribution in [-0.4, -0.2) is 41.7 Å². The van der Waals surface area contributed by atoms with E-state index in [1.54, 1.807) is 5.06 Å². The monoisotopic (exact) mass is 187 g/mol. The maximum absolute atomic E-state index is 6.00. The number of hydroxylamine groups is 2. The van der Waals surface area contributed by atoms with Crippen molar-refractivity contribution in [3.8, 4) is 0 Å². The standard InChI is InChI=1S/C6H6ClN3O2/c7-4(3-1-11-3)5-8-2-10-6(9-5)12-10/h3-4H,1-2H2. The van der Waals surface area contributed by atoms with Crippen molar-refractivity contribution in [3.05, 3.63) is 0 Å². The van der Waals surface area contributed by atoms with Crippen LogP contribution < -0.4 is 0 Å². The van der Waals surface area contributed by atoms with Gasteiger partial charge >= 0.3 is 6.02 Å². The molecule has 2 fully saturated rings. The van der Waals surface area contributed by atoms with Gasteiger partial charge in [-0.05, 0) is 0 Å². The highest BCUT2D eigenvalue weighted by Gasteiger charge is 2.41. The molecule has 0 aliphatic carbocycles. The van der Waals surface area contributed by atoms with Crippen molar-refractivity contribution >= 4 is 23.5 Å². The molecule has 2 unspecified atom stereocenters. The van der Waals surface area contributed by atoms with E-state index in [9.17, 15) is 0 Å². The number of halogens is 1. The number of rotatable bonds is 2. The molecule has 0 amide bonds. The van der Waals surface area contributed by atoms with Gasteiger partial charge in [0.05, 0.1) is 6.61 Å². The first-order valence-electron chi connectivity index (χ1n) is 3.69. The summed E-state index contributed by atoms with van der Waals surface area (Å²) in [4.78, 5) is 13.1. The number of hydrogen-bond acceptors (Lipinski definition) is 5. The SMILES string of the molecule is ClC(C1=NCN2OC2=N1)C1CO1.